The van der Waals surface area contributed by atoms with E-state index in [1.165, 1.54) is 111 Å². The standard InChI is InChI=1S/C72H52N2/c1-71(2)65-41-53(29-33-61(65)63-35-31-55(43-67(63)71)51-13-5-15-57(39-51)59-19-7-11-49-17-9-37-73-69(49)59)47-25-21-45(22-26-47)46-23-27-48(28-24-46)54-30-34-62-64-36-32-56(44-68(64)72(3,4)66(62)42-54)52-14-6-16-58(40-52)60-20-8-12-50-18-10-38-74-70(50)60/h5-44H,1-4H3. The van der Waals surface area contributed by atoms with Crippen molar-refractivity contribution in [2.45, 2.75) is 38.5 Å². The Kier molecular flexibility index (Phi) is 9.94. The minimum Gasteiger partial charge on any atom is -0.256 e. The van der Waals surface area contributed by atoms with Gasteiger partial charge in [-0.3, -0.25) is 9.97 Å². The first-order chi connectivity index (χ1) is 36.2. The maximum Gasteiger partial charge on any atom is 0.0780 e. The first-order valence-electron chi connectivity index (χ1n) is 25.8. The third-order valence-corrected chi connectivity index (χ3v) is 16.4. The highest BCUT2D eigenvalue weighted by Crippen LogP contribution is 2.52. The molecule has 74 heavy (non-hydrogen) atoms. The molecule has 2 aliphatic rings. The molecule has 2 aromatic heterocycles. The van der Waals surface area contributed by atoms with Crippen LogP contribution >= 0.6 is 0 Å². The Balaban J connectivity index is 0.690. The van der Waals surface area contributed by atoms with Crippen LogP contribution in [-0.2, 0) is 10.8 Å². The second-order valence-corrected chi connectivity index (χ2v) is 21.4. The highest BCUT2D eigenvalue weighted by Gasteiger charge is 2.37. The molecular weight excluding hydrogens is 893 g/mol. The molecule has 0 atom stereocenters. The summed E-state index contributed by atoms with van der Waals surface area (Å²) in [5.74, 6) is 0. The molecule has 0 aliphatic heterocycles. The lowest BCUT2D eigenvalue weighted by Crippen LogP contribution is -2.15. The van der Waals surface area contributed by atoms with E-state index < -0.39 is 0 Å². The molecule has 0 saturated carbocycles. The summed E-state index contributed by atoms with van der Waals surface area (Å²) in [4.78, 5) is 9.48. The van der Waals surface area contributed by atoms with Crippen molar-refractivity contribution >= 4 is 21.8 Å². The number of hydrogen-bond donors (Lipinski definition) is 0. The molecule has 0 bridgehead atoms. The summed E-state index contributed by atoms with van der Waals surface area (Å²) in [5.41, 5.74) is 29.5. The van der Waals surface area contributed by atoms with Crippen molar-refractivity contribution in [3.05, 3.63) is 265 Å². The topological polar surface area (TPSA) is 25.8 Å². The quantitative estimate of drug-likeness (QED) is 0.159. The fourth-order valence-corrected chi connectivity index (χ4v) is 12.3. The average molecular weight is 945 g/mol. The monoisotopic (exact) mass is 944 g/mol. The van der Waals surface area contributed by atoms with Crippen molar-refractivity contribution in [3.63, 3.8) is 0 Å². The smallest absolute Gasteiger partial charge is 0.0780 e. The number of rotatable bonds is 7. The van der Waals surface area contributed by atoms with Crippen LogP contribution in [0.15, 0.2) is 243 Å². The van der Waals surface area contributed by atoms with Crippen LogP contribution in [0.25, 0.3) is 122 Å². The molecule has 2 nitrogen and oxygen atoms in total. The Morgan fingerprint density at radius 1 is 0.230 bits per heavy atom. The summed E-state index contributed by atoms with van der Waals surface area (Å²) in [7, 11) is 0. The molecule has 14 rings (SSSR count). The van der Waals surface area contributed by atoms with Crippen molar-refractivity contribution in [2.24, 2.45) is 0 Å². The third kappa shape index (κ3) is 7.08. The number of hydrogen-bond acceptors (Lipinski definition) is 2. The predicted octanol–water partition coefficient (Wildman–Crippen LogP) is 19.1. The van der Waals surface area contributed by atoms with Crippen LogP contribution in [0.1, 0.15) is 49.9 Å². The van der Waals surface area contributed by atoms with E-state index in [1.54, 1.807) is 0 Å². The van der Waals surface area contributed by atoms with E-state index in [0.29, 0.717) is 0 Å². The molecule has 0 amide bonds. The molecule has 0 spiro atoms. The molecule has 0 N–H and O–H groups in total. The molecule has 0 unspecified atom stereocenters. The zero-order valence-electron chi connectivity index (χ0n) is 42.0. The van der Waals surface area contributed by atoms with Crippen LogP contribution in [0.4, 0.5) is 0 Å². The van der Waals surface area contributed by atoms with Crippen LogP contribution in [0.5, 0.6) is 0 Å². The Morgan fingerprint density at radius 2 is 0.500 bits per heavy atom. The molecule has 12 aromatic rings. The summed E-state index contributed by atoms with van der Waals surface area (Å²) in [6, 6.07) is 85.3. The van der Waals surface area contributed by atoms with Crippen molar-refractivity contribution in [3.8, 4) is 100 Å². The number of nitrogens with zero attached hydrogens (tertiary/aromatic N) is 2. The molecule has 2 heterocycles. The normalized spacial score (nSPS) is 13.6. The SMILES string of the molecule is CC1(C)c2cc(-c3ccc(-c4ccc(-c5ccc6c(c5)C(C)(C)c5cc(-c7cccc(-c8cccc9cccnc89)c7)ccc5-6)cc4)cc3)ccc2-c2ccc(-c3cccc(-c4cccc5cccnc45)c3)cc21. The predicted molar refractivity (Wildman–Crippen MR) is 310 cm³/mol. The number of pyridine rings is 2. The third-order valence-electron chi connectivity index (χ3n) is 16.4. The van der Waals surface area contributed by atoms with Gasteiger partial charge in [0, 0.05) is 45.1 Å². The molecule has 2 aliphatic carbocycles. The summed E-state index contributed by atoms with van der Waals surface area (Å²) in [5, 5.41) is 2.31. The Morgan fingerprint density at radius 3 is 0.865 bits per heavy atom. The van der Waals surface area contributed by atoms with E-state index in [-0.39, 0.29) is 10.8 Å². The fourth-order valence-electron chi connectivity index (χ4n) is 12.3. The summed E-state index contributed by atoms with van der Waals surface area (Å²) in [6.07, 6.45) is 3.76. The van der Waals surface area contributed by atoms with E-state index in [9.17, 15) is 0 Å². The lowest BCUT2D eigenvalue weighted by Gasteiger charge is -2.23. The number of benzene rings is 10. The Bertz CT molecular complexity index is 3950. The molecule has 2 heteroatoms. The molecule has 0 saturated heterocycles. The largest absolute Gasteiger partial charge is 0.256 e. The van der Waals surface area contributed by atoms with Crippen molar-refractivity contribution in [1.82, 2.24) is 9.97 Å². The van der Waals surface area contributed by atoms with Gasteiger partial charge < -0.3 is 0 Å². The molecule has 10 aromatic carbocycles. The maximum absolute atomic E-state index is 4.74. The number of para-hydroxylation sites is 2. The molecule has 0 radical (unpaired) electrons. The Hall–Kier alpha value is -8.98. The van der Waals surface area contributed by atoms with Gasteiger partial charge in [-0.2, -0.15) is 0 Å². The summed E-state index contributed by atoms with van der Waals surface area (Å²) < 4.78 is 0. The van der Waals surface area contributed by atoms with E-state index >= 15 is 0 Å². The van der Waals surface area contributed by atoms with Gasteiger partial charge in [0.2, 0.25) is 0 Å². The van der Waals surface area contributed by atoms with Gasteiger partial charge in [0.15, 0.2) is 0 Å². The average Bonchev–Trinajstić information content (AvgIpc) is 3.87. The van der Waals surface area contributed by atoms with Crippen LogP contribution in [-0.4, -0.2) is 9.97 Å². The minimum atomic E-state index is -0.150. The van der Waals surface area contributed by atoms with Gasteiger partial charge in [0.1, 0.15) is 0 Å². The highest BCUT2D eigenvalue weighted by atomic mass is 14.7. The molecular formula is C72H52N2. The van der Waals surface area contributed by atoms with Gasteiger partial charge in [0.05, 0.1) is 11.0 Å². The summed E-state index contributed by atoms with van der Waals surface area (Å²) in [6.45, 7) is 9.50. The fraction of sp³-hybridized carbons (Fsp3) is 0.0833. The maximum atomic E-state index is 4.74. The highest BCUT2D eigenvalue weighted by molar-refractivity contribution is 5.96. The van der Waals surface area contributed by atoms with Gasteiger partial charge >= 0.3 is 0 Å². The van der Waals surface area contributed by atoms with Crippen LogP contribution in [0.3, 0.4) is 0 Å². The first kappa shape index (κ1) is 43.8. The van der Waals surface area contributed by atoms with E-state index in [1.807, 2.05) is 24.5 Å². The lowest BCUT2D eigenvalue weighted by atomic mass is 9.80. The van der Waals surface area contributed by atoms with Gasteiger partial charge in [-0.15, -0.1) is 0 Å². The number of aromatic nitrogens is 2. The van der Waals surface area contributed by atoms with E-state index in [0.717, 1.165) is 32.9 Å². The zero-order chi connectivity index (χ0) is 49.7. The second-order valence-electron chi connectivity index (χ2n) is 21.4. The first-order valence-corrected chi connectivity index (χ1v) is 25.8. The van der Waals surface area contributed by atoms with Crippen LogP contribution in [0.2, 0.25) is 0 Å². The van der Waals surface area contributed by atoms with Crippen LogP contribution in [0, 0.1) is 0 Å². The van der Waals surface area contributed by atoms with Crippen molar-refractivity contribution in [2.75, 3.05) is 0 Å². The molecule has 350 valence electrons. The van der Waals surface area contributed by atoms with Gasteiger partial charge in [-0.25, -0.2) is 0 Å². The van der Waals surface area contributed by atoms with Gasteiger partial charge in [-0.1, -0.05) is 210 Å². The van der Waals surface area contributed by atoms with Crippen molar-refractivity contribution < 1.29 is 0 Å². The zero-order valence-corrected chi connectivity index (χ0v) is 42.0. The van der Waals surface area contributed by atoms with Gasteiger partial charge in [-0.05, 0) is 160 Å². The van der Waals surface area contributed by atoms with E-state index in [4.69, 9.17) is 9.97 Å². The second kappa shape index (κ2) is 16.8. The molecule has 0 fully saturated rings. The van der Waals surface area contributed by atoms with E-state index in [2.05, 4.69) is 246 Å². The summed E-state index contributed by atoms with van der Waals surface area (Å²) >= 11 is 0. The van der Waals surface area contributed by atoms with Crippen molar-refractivity contribution in [1.29, 1.82) is 0 Å². The van der Waals surface area contributed by atoms with Crippen LogP contribution < -0.4 is 0 Å². The minimum absolute atomic E-state index is 0.150. The number of fused-ring (bicyclic) bond motifs is 8. The Labute approximate surface area is 433 Å². The van der Waals surface area contributed by atoms with Gasteiger partial charge in [0.25, 0.3) is 0 Å². The lowest BCUT2D eigenvalue weighted by molar-refractivity contribution is 0.660.